The van der Waals surface area contributed by atoms with Gasteiger partial charge in [-0.1, -0.05) is 12.1 Å². The zero-order chi connectivity index (χ0) is 12.6. The summed E-state index contributed by atoms with van der Waals surface area (Å²) >= 11 is 0. The number of hydrogen-bond donors (Lipinski definition) is 1. The Morgan fingerprint density at radius 1 is 1.29 bits per heavy atom. The van der Waals surface area contributed by atoms with Crippen molar-refractivity contribution in [3.05, 3.63) is 40.4 Å². The molecule has 0 bridgehead atoms. The average Bonchev–Trinajstić information content (AvgIpc) is 2.26. The second kappa shape index (κ2) is 3.75. The number of para-hydroxylation sites is 1. The van der Waals surface area contributed by atoms with E-state index in [1.165, 1.54) is 12.1 Å². The normalized spacial score (nSPS) is 11.6. The minimum absolute atomic E-state index is 0.134. The van der Waals surface area contributed by atoms with Gasteiger partial charge in [0.05, 0.1) is 6.07 Å². The largest absolute Gasteiger partial charge is 0.365 e. The lowest BCUT2D eigenvalue weighted by molar-refractivity contribution is -0.389. The van der Waals surface area contributed by atoms with Crippen molar-refractivity contribution in [2.75, 3.05) is 0 Å². The molecule has 0 aliphatic rings. The van der Waals surface area contributed by atoms with E-state index in [2.05, 4.69) is 4.98 Å². The molecule has 2 rings (SSSR count). The molecule has 0 saturated heterocycles. The molecule has 0 aliphatic heterocycles. The van der Waals surface area contributed by atoms with Crippen LogP contribution in [0.1, 0.15) is 0 Å². The number of rotatable bonds is 2. The second-order valence-corrected chi connectivity index (χ2v) is 4.62. The van der Waals surface area contributed by atoms with Crippen LogP contribution < -0.4 is 0 Å². The molecule has 0 fully saturated rings. The van der Waals surface area contributed by atoms with Gasteiger partial charge in [0, 0.05) is 5.39 Å². The Balaban J connectivity index is 2.93. The summed E-state index contributed by atoms with van der Waals surface area (Å²) in [5.74, 6) is -0.628. The summed E-state index contributed by atoms with van der Waals surface area (Å²) in [6, 6.07) is 6.68. The van der Waals surface area contributed by atoms with Crippen molar-refractivity contribution in [3.8, 4) is 0 Å². The first-order valence-corrected chi connectivity index (χ1v) is 5.85. The van der Waals surface area contributed by atoms with Gasteiger partial charge in [0.25, 0.3) is 10.1 Å². The fraction of sp³-hybridized carbons (Fsp3) is 0. The van der Waals surface area contributed by atoms with Crippen LogP contribution >= 0.6 is 0 Å². The van der Waals surface area contributed by atoms with Crippen molar-refractivity contribution in [3.63, 3.8) is 0 Å². The first-order valence-electron chi connectivity index (χ1n) is 4.41. The van der Waals surface area contributed by atoms with E-state index in [-0.39, 0.29) is 10.9 Å². The van der Waals surface area contributed by atoms with Gasteiger partial charge in [-0.05, 0) is 22.0 Å². The summed E-state index contributed by atoms with van der Waals surface area (Å²) in [5.41, 5.74) is 0.134. The summed E-state index contributed by atoms with van der Waals surface area (Å²) in [6.45, 7) is 0. The Morgan fingerprint density at radius 2 is 1.94 bits per heavy atom. The second-order valence-electron chi connectivity index (χ2n) is 3.23. The monoisotopic (exact) mass is 254 g/mol. The quantitative estimate of drug-likeness (QED) is 0.492. The SMILES string of the molecule is O=[N+]([O-])c1cc(S(=O)(=O)O)c2ccccc2n1. The maximum atomic E-state index is 11.1. The third-order valence-electron chi connectivity index (χ3n) is 2.13. The maximum Gasteiger partial charge on any atom is 0.365 e. The highest BCUT2D eigenvalue weighted by Gasteiger charge is 2.21. The van der Waals surface area contributed by atoms with Gasteiger partial charge in [0.2, 0.25) is 0 Å². The van der Waals surface area contributed by atoms with Crippen LogP contribution in [0.3, 0.4) is 0 Å². The molecule has 1 N–H and O–H groups in total. The van der Waals surface area contributed by atoms with E-state index in [4.69, 9.17) is 4.55 Å². The fourth-order valence-corrected chi connectivity index (χ4v) is 2.14. The van der Waals surface area contributed by atoms with Crippen molar-refractivity contribution >= 4 is 26.8 Å². The minimum Gasteiger partial charge on any atom is -0.358 e. The van der Waals surface area contributed by atoms with Crippen molar-refractivity contribution in [1.82, 2.24) is 4.98 Å². The number of hydrogen-bond acceptors (Lipinski definition) is 5. The molecular weight excluding hydrogens is 248 g/mol. The Bertz CT molecular complexity index is 710. The van der Waals surface area contributed by atoms with Gasteiger partial charge in [-0.25, -0.2) is 0 Å². The summed E-state index contributed by atoms with van der Waals surface area (Å²) < 4.78 is 31.3. The Morgan fingerprint density at radius 3 is 2.53 bits per heavy atom. The third kappa shape index (κ3) is 2.08. The predicted molar refractivity (Wildman–Crippen MR) is 58.2 cm³/mol. The number of pyridine rings is 1. The minimum atomic E-state index is -4.53. The van der Waals surface area contributed by atoms with Crippen LogP contribution in [0.2, 0.25) is 0 Å². The lowest BCUT2D eigenvalue weighted by atomic mass is 10.2. The molecule has 88 valence electrons. The molecular formula is C9H6N2O5S. The average molecular weight is 254 g/mol. The molecule has 1 aromatic heterocycles. The van der Waals surface area contributed by atoms with E-state index in [0.717, 1.165) is 6.07 Å². The van der Waals surface area contributed by atoms with E-state index in [0.29, 0.717) is 0 Å². The Labute approximate surface area is 95.6 Å². The molecule has 0 spiro atoms. The van der Waals surface area contributed by atoms with Crippen molar-refractivity contribution in [2.45, 2.75) is 4.90 Å². The van der Waals surface area contributed by atoms with E-state index in [1.54, 1.807) is 12.1 Å². The van der Waals surface area contributed by atoms with Crippen molar-refractivity contribution in [1.29, 1.82) is 0 Å². The molecule has 0 unspecified atom stereocenters. The van der Waals surface area contributed by atoms with Crippen LogP contribution in [0.15, 0.2) is 35.2 Å². The van der Waals surface area contributed by atoms with E-state index in [9.17, 15) is 18.5 Å². The summed E-state index contributed by atoms with van der Waals surface area (Å²) in [5, 5.41) is 10.7. The zero-order valence-electron chi connectivity index (χ0n) is 8.27. The highest BCUT2D eigenvalue weighted by molar-refractivity contribution is 7.86. The molecule has 0 amide bonds. The summed E-state index contributed by atoms with van der Waals surface area (Å²) in [6.07, 6.45) is 0. The highest BCUT2D eigenvalue weighted by Crippen LogP contribution is 2.25. The van der Waals surface area contributed by atoms with Crippen molar-refractivity contribution < 1.29 is 17.9 Å². The van der Waals surface area contributed by atoms with Gasteiger partial charge in [0.1, 0.15) is 4.90 Å². The molecule has 17 heavy (non-hydrogen) atoms. The van der Waals surface area contributed by atoms with Gasteiger partial charge < -0.3 is 10.1 Å². The predicted octanol–water partition coefficient (Wildman–Crippen LogP) is 1.39. The van der Waals surface area contributed by atoms with Crippen molar-refractivity contribution in [2.24, 2.45) is 0 Å². The highest BCUT2D eigenvalue weighted by atomic mass is 32.2. The standard InChI is InChI=1S/C9H6N2O5S/c12-11(13)9-5-8(17(14,15)16)6-3-1-2-4-7(6)10-9/h1-5H,(H,14,15,16). The molecule has 8 heteroatoms. The molecule has 1 aromatic carbocycles. The smallest absolute Gasteiger partial charge is 0.358 e. The fourth-order valence-electron chi connectivity index (χ4n) is 1.44. The topological polar surface area (TPSA) is 110 Å². The van der Waals surface area contributed by atoms with Gasteiger partial charge >= 0.3 is 5.82 Å². The van der Waals surface area contributed by atoms with Crippen LogP contribution in [0.4, 0.5) is 5.82 Å². The van der Waals surface area contributed by atoms with Crippen LogP contribution in [0.5, 0.6) is 0 Å². The molecule has 0 atom stereocenters. The first kappa shape index (κ1) is 11.4. The summed E-state index contributed by atoms with van der Waals surface area (Å²) in [4.78, 5) is 12.9. The van der Waals surface area contributed by atoms with Crippen LogP contribution in [-0.4, -0.2) is 22.9 Å². The molecule has 7 nitrogen and oxygen atoms in total. The van der Waals surface area contributed by atoms with E-state index < -0.39 is 25.8 Å². The lowest BCUT2D eigenvalue weighted by Crippen LogP contribution is -2.02. The number of fused-ring (bicyclic) bond motifs is 1. The Hall–Kier alpha value is -2.06. The van der Waals surface area contributed by atoms with Crippen LogP contribution in [0.25, 0.3) is 10.9 Å². The summed E-state index contributed by atoms with van der Waals surface area (Å²) in [7, 11) is -4.53. The van der Waals surface area contributed by atoms with Crippen LogP contribution in [-0.2, 0) is 10.1 Å². The van der Waals surface area contributed by atoms with Gasteiger partial charge in [0.15, 0.2) is 5.52 Å². The molecule has 1 heterocycles. The van der Waals surface area contributed by atoms with Crippen LogP contribution in [0, 0.1) is 10.1 Å². The lowest BCUT2D eigenvalue weighted by Gasteiger charge is -2.01. The van der Waals surface area contributed by atoms with E-state index in [1.807, 2.05) is 0 Å². The zero-order valence-corrected chi connectivity index (χ0v) is 9.09. The van der Waals surface area contributed by atoms with E-state index >= 15 is 0 Å². The van der Waals surface area contributed by atoms with Gasteiger partial charge in [-0.3, -0.25) is 4.55 Å². The molecule has 0 saturated carbocycles. The number of aromatic nitrogens is 1. The first-order chi connectivity index (χ1) is 7.89. The third-order valence-corrected chi connectivity index (χ3v) is 3.02. The molecule has 0 aliphatic carbocycles. The number of benzene rings is 1. The molecule has 0 radical (unpaired) electrons. The maximum absolute atomic E-state index is 11.1. The Kier molecular flexibility index (Phi) is 2.52. The molecule has 2 aromatic rings. The number of nitrogens with zero attached hydrogens (tertiary/aromatic N) is 2. The van der Waals surface area contributed by atoms with Gasteiger partial charge in [-0.2, -0.15) is 8.42 Å². The van der Waals surface area contributed by atoms with Gasteiger partial charge in [-0.15, -0.1) is 0 Å². The number of nitro groups is 1.